The van der Waals surface area contributed by atoms with E-state index in [1.54, 1.807) is 30.3 Å². The van der Waals surface area contributed by atoms with Gasteiger partial charge in [-0.2, -0.15) is 0 Å². The SMILES string of the molecule is COc1ccccc1C(=O)Nc1cc(N2CCCC[C@H]2C)c([N+](=O)[O-])cc1Cl. The first-order valence-corrected chi connectivity index (χ1v) is 9.49. The third-order valence-corrected chi connectivity index (χ3v) is 5.29. The molecule has 7 nitrogen and oxygen atoms in total. The van der Waals surface area contributed by atoms with Crippen molar-refractivity contribution in [1.82, 2.24) is 0 Å². The molecule has 8 heteroatoms. The van der Waals surface area contributed by atoms with Crippen molar-refractivity contribution in [2.75, 3.05) is 23.9 Å². The van der Waals surface area contributed by atoms with Gasteiger partial charge in [0.1, 0.15) is 11.4 Å². The second-order valence-corrected chi connectivity index (χ2v) is 7.18. The number of halogens is 1. The Labute approximate surface area is 168 Å². The Kier molecular flexibility index (Phi) is 6.04. The largest absolute Gasteiger partial charge is 0.496 e. The summed E-state index contributed by atoms with van der Waals surface area (Å²) < 4.78 is 5.23. The van der Waals surface area contributed by atoms with Crippen LogP contribution in [0.5, 0.6) is 5.75 Å². The second-order valence-electron chi connectivity index (χ2n) is 6.77. The lowest BCUT2D eigenvalue weighted by molar-refractivity contribution is -0.384. The van der Waals surface area contributed by atoms with Crippen molar-refractivity contribution < 1.29 is 14.5 Å². The Balaban J connectivity index is 1.98. The molecule has 1 aliphatic rings. The average Bonchev–Trinajstić information content (AvgIpc) is 2.69. The molecule has 2 aromatic rings. The molecule has 1 saturated heterocycles. The minimum absolute atomic E-state index is 0.0611. The maximum absolute atomic E-state index is 12.7. The molecule has 0 unspecified atom stereocenters. The van der Waals surface area contributed by atoms with E-state index in [1.165, 1.54) is 13.2 Å². The van der Waals surface area contributed by atoms with Gasteiger partial charge in [0.25, 0.3) is 11.6 Å². The summed E-state index contributed by atoms with van der Waals surface area (Å²) in [5, 5.41) is 14.5. The molecule has 28 heavy (non-hydrogen) atoms. The maximum atomic E-state index is 12.7. The van der Waals surface area contributed by atoms with Gasteiger partial charge in [-0.15, -0.1) is 0 Å². The van der Waals surface area contributed by atoms with Crippen LogP contribution in [0.1, 0.15) is 36.5 Å². The zero-order valence-electron chi connectivity index (χ0n) is 15.8. The van der Waals surface area contributed by atoms with E-state index in [0.29, 0.717) is 22.7 Å². The fourth-order valence-electron chi connectivity index (χ4n) is 3.50. The average molecular weight is 404 g/mol. The van der Waals surface area contributed by atoms with E-state index >= 15 is 0 Å². The zero-order chi connectivity index (χ0) is 20.3. The Morgan fingerprint density at radius 1 is 1.32 bits per heavy atom. The number of para-hydroxylation sites is 1. The number of methoxy groups -OCH3 is 1. The van der Waals surface area contributed by atoms with E-state index in [0.717, 1.165) is 25.8 Å². The van der Waals surface area contributed by atoms with Crippen LogP contribution in [0.15, 0.2) is 36.4 Å². The Hall–Kier alpha value is -2.80. The number of nitrogens with zero attached hydrogens (tertiary/aromatic N) is 2. The second kappa shape index (κ2) is 8.48. The van der Waals surface area contributed by atoms with E-state index in [1.807, 2.05) is 11.8 Å². The van der Waals surface area contributed by atoms with Crippen molar-refractivity contribution in [2.45, 2.75) is 32.2 Å². The first kappa shape index (κ1) is 19.9. The van der Waals surface area contributed by atoms with E-state index in [9.17, 15) is 14.9 Å². The number of amides is 1. The van der Waals surface area contributed by atoms with Crippen molar-refractivity contribution in [3.05, 3.63) is 57.1 Å². The summed E-state index contributed by atoms with van der Waals surface area (Å²) in [6, 6.07) is 9.89. The standard InChI is InChI=1S/C20H22ClN3O4/c1-13-7-5-6-10-23(13)17-12-16(15(21)11-18(17)24(26)27)22-20(25)14-8-3-4-9-19(14)28-2/h3-4,8-9,11-13H,5-7,10H2,1-2H3,(H,22,25)/t13-/m1/s1. The van der Waals surface area contributed by atoms with Gasteiger partial charge in [0.05, 0.1) is 28.3 Å². The Bertz CT molecular complexity index is 903. The third kappa shape index (κ3) is 4.04. The Morgan fingerprint density at radius 2 is 2.07 bits per heavy atom. The number of rotatable bonds is 5. The summed E-state index contributed by atoms with van der Waals surface area (Å²) >= 11 is 6.26. The van der Waals surface area contributed by atoms with Crippen molar-refractivity contribution >= 4 is 34.6 Å². The van der Waals surface area contributed by atoms with Gasteiger partial charge >= 0.3 is 0 Å². The number of ether oxygens (including phenoxy) is 1. The minimum Gasteiger partial charge on any atom is -0.496 e. The summed E-state index contributed by atoms with van der Waals surface area (Å²) in [6.07, 6.45) is 3.02. The third-order valence-electron chi connectivity index (χ3n) is 4.97. The van der Waals surface area contributed by atoms with Crippen LogP contribution in [-0.2, 0) is 0 Å². The molecule has 1 aliphatic heterocycles. The highest BCUT2D eigenvalue weighted by atomic mass is 35.5. The number of piperidine rings is 1. The van der Waals surface area contributed by atoms with Crippen LogP contribution >= 0.6 is 11.6 Å². The zero-order valence-corrected chi connectivity index (χ0v) is 16.5. The van der Waals surface area contributed by atoms with E-state index in [4.69, 9.17) is 16.3 Å². The van der Waals surface area contributed by atoms with E-state index in [2.05, 4.69) is 5.32 Å². The number of nitrogens with one attached hydrogen (secondary N) is 1. The lowest BCUT2D eigenvalue weighted by atomic mass is 10.0. The molecule has 0 aromatic heterocycles. The molecule has 148 valence electrons. The number of nitro groups is 1. The number of carbonyl (C=O) groups excluding carboxylic acids is 1. The molecule has 1 fully saturated rings. The summed E-state index contributed by atoms with van der Waals surface area (Å²) in [7, 11) is 1.49. The number of carbonyl (C=O) groups is 1. The van der Waals surface area contributed by atoms with Gasteiger partial charge in [0.15, 0.2) is 0 Å². The van der Waals surface area contributed by atoms with Crippen LogP contribution in [0, 0.1) is 10.1 Å². The minimum atomic E-state index is -0.436. The fourth-order valence-corrected chi connectivity index (χ4v) is 3.71. The number of benzene rings is 2. The predicted molar refractivity (Wildman–Crippen MR) is 110 cm³/mol. The summed E-state index contributed by atoms with van der Waals surface area (Å²) in [5.41, 5.74) is 1.09. The van der Waals surface area contributed by atoms with Crippen molar-refractivity contribution in [3.8, 4) is 5.75 Å². The van der Waals surface area contributed by atoms with Crippen molar-refractivity contribution in [1.29, 1.82) is 0 Å². The molecule has 0 saturated carbocycles. The molecule has 1 heterocycles. The van der Waals surface area contributed by atoms with Crippen LogP contribution in [0.25, 0.3) is 0 Å². The normalized spacial score (nSPS) is 16.5. The van der Waals surface area contributed by atoms with Gasteiger partial charge in [-0.3, -0.25) is 14.9 Å². The van der Waals surface area contributed by atoms with Crippen LogP contribution in [0.3, 0.4) is 0 Å². The van der Waals surface area contributed by atoms with Gasteiger partial charge in [0.2, 0.25) is 0 Å². The highest BCUT2D eigenvalue weighted by Gasteiger charge is 2.28. The molecule has 0 spiro atoms. The maximum Gasteiger partial charge on any atom is 0.294 e. The van der Waals surface area contributed by atoms with Gasteiger partial charge in [-0.05, 0) is 44.4 Å². The van der Waals surface area contributed by atoms with Gasteiger partial charge in [0, 0.05) is 18.7 Å². The first-order chi connectivity index (χ1) is 13.4. The molecule has 1 amide bonds. The topological polar surface area (TPSA) is 84.7 Å². The number of anilines is 2. The van der Waals surface area contributed by atoms with Gasteiger partial charge < -0.3 is 15.0 Å². The number of hydrogen-bond donors (Lipinski definition) is 1. The van der Waals surface area contributed by atoms with Crippen molar-refractivity contribution in [2.24, 2.45) is 0 Å². The molecule has 0 radical (unpaired) electrons. The van der Waals surface area contributed by atoms with Crippen LogP contribution in [0.4, 0.5) is 17.1 Å². The molecular formula is C20H22ClN3O4. The van der Waals surface area contributed by atoms with Gasteiger partial charge in [-0.25, -0.2) is 0 Å². The van der Waals surface area contributed by atoms with Gasteiger partial charge in [-0.1, -0.05) is 23.7 Å². The lowest BCUT2D eigenvalue weighted by Crippen LogP contribution is -2.37. The molecule has 3 rings (SSSR count). The van der Waals surface area contributed by atoms with Crippen LogP contribution in [-0.4, -0.2) is 30.5 Å². The molecular weight excluding hydrogens is 382 g/mol. The quantitative estimate of drug-likeness (QED) is 0.567. The fraction of sp³-hybridized carbons (Fsp3) is 0.350. The lowest BCUT2D eigenvalue weighted by Gasteiger charge is -2.35. The molecule has 0 aliphatic carbocycles. The monoisotopic (exact) mass is 403 g/mol. The molecule has 1 atom stereocenters. The van der Waals surface area contributed by atoms with E-state index < -0.39 is 10.8 Å². The summed E-state index contributed by atoms with van der Waals surface area (Å²) in [4.78, 5) is 25.9. The predicted octanol–water partition coefficient (Wildman–Crippen LogP) is 4.89. The highest BCUT2D eigenvalue weighted by Crippen LogP contribution is 2.39. The Morgan fingerprint density at radius 3 is 2.75 bits per heavy atom. The molecule has 1 N–H and O–H groups in total. The van der Waals surface area contributed by atoms with Crippen molar-refractivity contribution in [3.63, 3.8) is 0 Å². The number of nitro benzene ring substituents is 1. The smallest absolute Gasteiger partial charge is 0.294 e. The van der Waals surface area contributed by atoms with Crippen LogP contribution < -0.4 is 15.0 Å². The molecule has 0 bridgehead atoms. The number of hydrogen-bond acceptors (Lipinski definition) is 5. The molecule has 2 aromatic carbocycles. The van der Waals surface area contributed by atoms with Crippen LogP contribution in [0.2, 0.25) is 5.02 Å². The first-order valence-electron chi connectivity index (χ1n) is 9.11. The highest BCUT2D eigenvalue weighted by molar-refractivity contribution is 6.34. The summed E-state index contributed by atoms with van der Waals surface area (Å²) in [5.74, 6) is 0.0359. The summed E-state index contributed by atoms with van der Waals surface area (Å²) in [6.45, 7) is 2.77. The van der Waals surface area contributed by atoms with E-state index in [-0.39, 0.29) is 16.8 Å².